The Morgan fingerprint density at radius 1 is 1.00 bits per heavy atom. The molecular weight excluding hydrogens is 210 g/mol. The Morgan fingerprint density at radius 3 is 2.06 bits per heavy atom. The first-order valence-corrected chi connectivity index (χ1v) is 9.97. The van der Waals surface area contributed by atoms with E-state index in [-0.39, 0.29) is 0 Å². The highest BCUT2D eigenvalue weighted by Gasteiger charge is 2.27. The van der Waals surface area contributed by atoms with E-state index in [9.17, 15) is 0 Å². The van der Waals surface area contributed by atoms with Gasteiger partial charge < -0.3 is 4.98 Å². The summed E-state index contributed by atoms with van der Waals surface area (Å²) in [6.07, 6.45) is 5.50. The minimum Gasteiger partial charge on any atom is -0.337 e. The molecule has 1 nitrogen and oxygen atoms in total. The van der Waals surface area contributed by atoms with Crippen LogP contribution in [-0.4, -0.2) is 14.8 Å². The fraction of sp³-hybridized carbons (Fsp3) is 1.00. The fourth-order valence-corrected chi connectivity index (χ4v) is 5.94. The first-order chi connectivity index (χ1) is 7.60. The van der Waals surface area contributed by atoms with Crippen LogP contribution in [-0.2, 0) is 0 Å². The Kier molecular flexibility index (Phi) is 9.33. The smallest absolute Gasteiger partial charge is 0.125 e. The Labute approximate surface area is 104 Å². The summed E-state index contributed by atoms with van der Waals surface area (Å²) in [4.78, 5) is 3.96. The van der Waals surface area contributed by atoms with E-state index in [2.05, 4.69) is 39.6 Å². The number of rotatable bonds is 10. The summed E-state index contributed by atoms with van der Waals surface area (Å²) in [6.45, 7) is 13.0. The average molecular weight is 244 g/mol. The first kappa shape index (κ1) is 16.2. The van der Waals surface area contributed by atoms with Crippen LogP contribution >= 0.6 is 0 Å². The van der Waals surface area contributed by atoms with Crippen LogP contribution in [0, 0.1) is 5.92 Å². The molecule has 0 aliphatic carbocycles. The van der Waals surface area contributed by atoms with Crippen LogP contribution in [0.15, 0.2) is 0 Å². The number of hydrogen-bond donors (Lipinski definition) is 1. The van der Waals surface area contributed by atoms with Crippen molar-refractivity contribution in [3.63, 3.8) is 0 Å². The molecule has 98 valence electrons. The van der Waals surface area contributed by atoms with Crippen LogP contribution in [0.25, 0.3) is 0 Å². The molecule has 16 heavy (non-hydrogen) atoms. The lowest BCUT2D eigenvalue weighted by atomic mass is 10.1. The Bertz CT molecular complexity index is 153. The van der Waals surface area contributed by atoms with Gasteiger partial charge in [0.15, 0.2) is 0 Å². The highest BCUT2D eigenvalue weighted by atomic mass is 28.3. The van der Waals surface area contributed by atoms with Crippen molar-refractivity contribution in [2.24, 2.45) is 5.92 Å². The second kappa shape index (κ2) is 9.23. The van der Waals surface area contributed by atoms with Gasteiger partial charge in [0.1, 0.15) is 8.24 Å². The molecule has 0 spiro atoms. The van der Waals surface area contributed by atoms with Crippen LogP contribution in [0.2, 0.25) is 18.1 Å². The molecule has 0 radical (unpaired) electrons. The lowest BCUT2D eigenvalue weighted by molar-refractivity contribution is 0.550. The van der Waals surface area contributed by atoms with E-state index in [1.165, 1.54) is 50.4 Å². The molecule has 0 aromatic rings. The molecule has 0 fully saturated rings. The molecule has 0 bridgehead atoms. The zero-order chi connectivity index (χ0) is 12.4. The third-order valence-electron chi connectivity index (χ3n) is 3.82. The van der Waals surface area contributed by atoms with Crippen molar-refractivity contribution in [1.29, 1.82) is 0 Å². The van der Waals surface area contributed by atoms with Gasteiger partial charge in [-0.3, -0.25) is 0 Å². The Balaban J connectivity index is 3.91. The van der Waals surface area contributed by atoms with E-state index in [0.717, 1.165) is 5.92 Å². The molecule has 0 aliphatic rings. The van der Waals surface area contributed by atoms with Crippen molar-refractivity contribution in [3.05, 3.63) is 0 Å². The third-order valence-corrected chi connectivity index (χ3v) is 8.84. The topological polar surface area (TPSA) is 12.0 Å². The second-order valence-corrected chi connectivity index (χ2v) is 10.4. The predicted molar refractivity (Wildman–Crippen MR) is 78.5 cm³/mol. The summed E-state index contributed by atoms with van der Waals surface area (Å²) >= 11 is 0. The van der Waals surface area contributed by atoms with Gasteiger partial charge in [-0.2, -0.15) is 0 Å². The van der Waals surface area contributed by atoms with Gasteiger partial charge in [-0.1, -0.05) is 47.5 Å². The maximum Gasteiger partial charge on any atom is 0.125 e. The normalized spacial score (nSPS) is 12.4. The molecule has 0 unspecified atom stereocenters. The lowest BCUT2D eigenvalue weighted by Crippen LogP contribution is -2.49. The maximum atomic E-state index is 3.96. The fourth-order valence-electron chi connectivity index (χ4n) is 2.32. The van der Waals surface area contributed by atoms with Crippen molar-refractivity contribution in [2.45, 2.75) is 78.4 Å². The van der Waals surface area contributed by atoms with Gasteiger partial charge in [-0.25, -0.2) is 0 Å². The van der Waals surface area contributed by atoms with Crippen molar-refractivity contribution in [2.75, 3.05) is 6.54 Å². The summed E-state index contributed by atoms with van der Waals surface area (Å²) in [5.41, 5.74) is 0. The monoisotopic (exact) mass is 243 g/mol. The SMILES string of the molecule is CCCC[Si](CC)(CC)NCCCC(C)C. The molecule has 0 saturated carbocycles. The van der Waals surface area contributed by atoms with Crippen LogP contribution in [0.3, 0.4) is 0 Å². The van der Waals surface area contributed by atoms with Gasteiger partial charge in [0, 0.05) is 0 Å². The molecule has 0 aliphatic heterocycles. The second-order valence-electron chi connectivity index (χ2n) is 5.55. The van der Waals surface area contributed by atoms with Gasteiger partial charge >= 0.3 is 0 Å². The Morgan fingerprint density at radius 2 is 1.62 bits per heavy atom. The zero-order valence-corrected chi connectivity index (χ0v) is 13.2. The highest BCUT2D eigenvalue weighted by molar-refractivity contribution is 6.77. The molecule has 0 aromatic heterocycles. The van der Waals surface area contributed by atoms with Gasteiger partial charge in [0.05, 0.1) is 0 Å². The average Bonchev–Trinajstić information content (AvgIpc) is 2.29. The number of unbranched alkanes of at least 4 members (excludes halogenated alkanes) is 1. The molecule has 1 N–H and O–H groups in total. The van der Waals surface area contributed by atoms with Crippen LogP contribution in [0.1, 0.15) is 60.3 Å². The van der Waals surface area contributed by atoms with Crippen molar-refractivity contribution in [1.82, 2.24) is 4.98 Å². The van der Waals surface area contributed by atoms with Crippen LogP contribution in [0.5, 0.6) is 0 Å². The van der Waals surface area contributed by atoms with E-state index in [4.69, 9.17) is 0 Å². The van der Waals surface area contributed by atoms with E-state index in [0.29, 0.717) is 0 Å². The summed E-state index contributed by atoms with van der Waals surface area (Å²) in [7, 11) is -1.09. The third kappa shape index (κ3) is 6.69. The summed E-state index contributed by atoms with van der Waals surface area (Å²) in [5, 5.41) is 0. The van der Waals surface area contributed by atoms with Crippen molar-refractivity contribution < 1.29 is 0 Å². The molecule has 0 rings (SSSR count). The quantitative estimate of drug-likeness (QED) is 0.429. The molecular formula is C14H33NSi. The van der Waals surface area contributed by atoms with E-state index in [1.54, 1.807) is 0 Å². The largest absolute Gasteiger partial charge is 0.337 e. The standard InChI is InChI=1S/C14H33NSi/c1-6-9-13-16(7-2,8-3)15-12-10-11-14(4)5/h14-15H,6-13H2,1-5H3. The van der Waals surface area contributed by atoms with Gasteiger partial charge in [-0.05, 0) is 43.4 Å². The number of nitrogens with one attached hydrogen (secondary N) is 1. The first-order valence-electron chi connectivity index (χ1n) is 7.35. The molecule has 0 saturated heterocycles. The molecule has 0 atom stereocenters. The summed E-state index contributed by atoms with van der Waals surface area (Å²) in [5.74, 6) is 0.858. The maximum absolute atomic E-state index is 3.96. The van der Waals surface area contributed by atoms with E-state index >= 15 is 0 Å². The number of hydrogen-bond acceptors (Lipinski definition) is 1. The zero-order valence-electron chi connectivity index (χ0n) is 12.2. The molecule has 2 heteroatoms. The lowest BCUT2D eigenvalue weighted by Gasteiger charge is -2.30. The van der Waals surface area contributed by atoms with E-state index < -0.39 is 8.24 Å². The predicted octanol–water partition coefficient (Wildman–Crippen LogP) is 4.80. The van der Waals surface area contributed by atoms with Crippen LogP contribution in [0.4, 0.5) is 0 Å². The van der Waals surface area contributed by atoms with Gasteiger partial charge in [-0.15, -0.1) is 0 Å². The summed E-state index contributed by atoms with van der Waals surface area (Å²) in [6, 6.07) is 4.30. The highest BCUT2D eigenvalue weighted by Crippen LogP contribution is 2.20. The van der Waals surface area contributed by atoms with E-state index in [1.807, 2.05) is 0 Å². The van der Waals surface area contributed by atoms with Crippen LogP contribution < -0.4 is 4.98 Å². The van der Waals surface area contributed by atoms with Crippen molar-refractivity contribution in [3.8, 4) is 0 Å². The molecule has 0 aromatic carbocycles. The van der Waals surface area contributed by atoms with Gasteiger partial charge in [0.25, 0.3) is 0 Å². The Hall–Kier alpha value is 0.177. The minimum atomic E-state index is -1.09. The minimum absolute atomic E-state index is 0.858. The molecule has 0 amide bonds. The van der Waals surface area contributed by atoms with Crippen molar-refractivity contribution >= 4 is 8.24 Å². The molecule has 0 heterocycles. The summed E-state index contributed by atoms with van der Waals surface area (Å²) < 4.78 is 0. The van der Waals surface area contributed by atoms with Gasteiger partial charge in [0.2, 0.25) is 0 Å².